The number of aromatic nitrogens is 1. The van der Waals surface area contributed by atoms with Gasteiger partial charge in [-0.25, -0.2) is 0 Å². The number of hydrogen-bond acceptors (Lipinski definition) is 4. The highest BCUT2D eigenvalue weighted by molar-refractivity contribution is 6.00. The molecule has 16 heavy (non-hydrogen) atoms. The highest BCUT2D eigenvalue weighted by Gasteiger charge is 2.21. The van der Waals surface area contributed by atoms with Crippen LogP contribution in [-0.4, -0.2) is 30.9 Å². The van der Waals surface area contributed by atoms with E-state index in [1.807, 2.05) is 18.2 Å². The second-order valence-corrected chi connectivity index (χ2v) is 3.90. The Morgan fingerprint density at radius 2 is 2.25 bits per heavy atom. The van der Waals surface area contributed by atoms with Gasteiger partial charge in [0, 0.05) is 12.1 Å². The van der Waals surface area contributed by atoms with Crippen molar-refractivity contribution in [1.82, 2.24) is 10.3 Å². The standard InChI is InChI=1S/C12H17N3O/c1-16-15-12(10-5-8-13-9-6-10)11-4-2-3-7-14-11/h2-4,7,10,13H,5-6,8-9H2,1H3/b15-12+. The molecule has 0 amide bonds. The molecule has 1 saturated heterocycles. The third kappa shape index (κ3) is 2.58. The lowest BCUT2D eigenvalue weighted by molar-refractivity contribution is 0.210. The van der Waals surface area contributed by atoms with Crippen molar-refractivity contribution in [2.75, 3.05) is 20.2 Å². The van der Waals surface area contributed by atoms with E-state index in [9.17, 15) is 0 Å². The summed E-state index contributed by atoms with van der Waals surface area (Å²) < 4.78 is 0. The number of pyridine rings is 1. The summed E-state index contributed by atoms with van der Waals surface area (Å²) in [6, 6.07) is 5.88. The van der Waals surface area contributed by atoms with Gasteiger partial charge in [0.1, 0.15) is 12.8 Å². The largest absolute Gasteiger partial charge is 0.399 e. The van der Waals surface area contributed by atoms with Crippen LogP contribution < -0.4 is 5.32 Å². The minimum atomic E-state index is 0.455. The van der Waals surface area contributed by atoms with E-state index < -0.39 is 0 Å². The van der Waals surface area contributed by atoms with Crippen LogP contribution in [0.2, 0.25) is 0 Å². The third-order valence-electron chi connectivity index (χ3n) is 2.84. The molecule has 0 spiro atoms. The topological polar surface area (TPSA) is 46.5 Å². The minimum absolute atomic E-state index is 0.455. The van der Waals surface area contributed by atoms with Gasteiger partial charge in [0.25, 0.3) is 0 Å². The van der Waals surface area contributed by atoms with Crippen LogP contribution in [0.5, 0.6) is 0 Å². The smallest absolute Gasteiger partial charge is 0.108 e. The molecule has 86 valence electrons. The van der Waals surface area contributed by atoms with Gasteiger partial charge < -0.3 is 10.2 Å². The van der Waals surface area contributed by atoms with Crippen LogP contribution in [0.25, 0.3) is 0 Å². The Balaban J connectivity index is 2.20. The molecule has 1 aliphatic heterocycles. The molecule has 4 nitrogen and oxygen atoms in total. The molecule has 0 radical (unpaired) electrons. The molecular formula is C12H17N3O. The normalized spacial score (nSPS) is 18.4. The lowest BCUT2D eigenvalue weighted by atomic mass is 9.91. The zero-order chi connectivity index (χ0) is 11.2. The summed E-state index contributed by atoms with van der Waals surface area (Å²) in [4.78, 5) is 9.28. The minimum Gasteiger partial charge on any atom is -0.399 e. The van der Waals surface area contributed by atoms with Crippen LogP contribution in [0.3, 0.4) is 0 Å². The Bertz CT molecular complexity index is 345. The number of rotatable bonds is 3. The molecule has 2 rings (SSSR count). The predicted octanol–water partition coefficient (Wildman–Crippen LogP) is 1.43. The number of oxime groups is 1. The SMILES string of the molecule is CO/N=C(/c1ccccn1)C1CCNCC1. The monoisotopic (exact) mass is 219 g/mol. The fourth-order valence-corrected chi connectivity index (χ4v) is 2.04. The third-order valence-corrected chi connectivity index (χ3v) is 2.84. The summed E-state index contributed by atoms with van der Waals surface area (Å²) in [5.41, 5.74) is 1.90. The van der Waals surface area contributed by atoms with Gasteiger partial charge in [-0.05, 0) is 38.1 Å². The van der Waals surface area contributed by atoms with Crippen molar-refractivity contribution in [1.29, 1.82) is 0 Å². The second kappa shape index (κ2) is 5.61. The molecule has 1 fully saturated rings. The van der Waals surface area contributed by atoms with E-state index in [1.54, 1.807) is 13.3 Å². The lowest BCUT2D eigenvalue weighted by Crippen LogP contribution is -2.32. The van der Waals surface area contributed by atoms with Gasteiger partial charge in [0.05, 0.1) is 5.69 Å². The highest BCUT2D eigenvalue weighted by atomic mass is 16.6. The summed E-state index contributed by atoms with van der Waals surface area (Å²) in [7, 11) is 1.59. The molecule has 0 saturated carbocycles. The Morgan fingerprint density at radius 1 is 1.44 bits per heavy atom. The average molecular weight is 219 g/mol. The summed E-state index contributed by atoms with van der Waals surface area (Å²) in [6.07, 6.45) is 3.99. The Kier molecular flexibility index (Phi) is 3.88. The van der Waals surface area contributed by atoms with Crippen LogP contribution in [0.1, 0.15) is 18.5 Å². The predicted molar refractivity (Wildman–Crippen MR) is 63.4 cm³/mol. The number of hydrogen-bond donors (Lipinski definition) is 1. The van der Waals surface area contributed by atoms with Crippen molar-refractivity contribution in [3.8, 4) is 0 Å². The quantitative estimate of drug-likeness (QED) is 0.618. The fraction of sp³-hybridized carbons (Fsp3) is 0.500. The van der Waals surface area contributed by atoms with E-state index in [0.717, 1.165) is 37.3 Å². The lowest BCUT2D eigenvalue weighted by Gasteiger charge is -2.23. The van der Waals surface area contributed by atoms with Gasteiger partial charge in [0.2, 0.25) is 0 Å². The van der Waals surface area contributed by atoms with E-state index in [1.165, 1.54) is 0 Å². The van der Waals surface area contributed by atoms with Gasteiger partial charge in [0.15, 0.2) is 0 Å². The average Bonchev–Trinajstić information content (AvgIpc) is 2.38. The number of piperidine rings is 1. The molecular weight excluding hydrogens is 202 g/mol. The van der Waals surface area contributed by atoms with E-state index in [4.69, 9.17) is 4.84 Å². The maximum Gasteiger partial charge on any atom is 0.108 e. The number of nitrogens with one attached hydrogen (secondary N) is 1. The molecule has 2 heterocycles. The highest BCUT2D eigenvalue weighted by Crippen LogP contribution is 2.18. The molecule has 0 aliphatic carbocycles. The molecule has 1 N–H and O–H groups in total. The summed E-state index contributed by atoms with van der Waals surface area (Å²) in [5, 5.41) is 7.49. The first kappa shape index (κ1) is 11.1. The van der Waals surface area contributed by atoms with Crippen molar-refractivity contribution >= 4 is 5.71 Å². The molecule has 1 aromatic heterocycles. The van der Waals surface area contributed by atoms with Crippen LogP contribution >= 0.6 is 0 Å². The zero-order valence-corrected chi connectivity index (χ0v) is 9.52. The van der Waals surface area contributed by atoms with Crippen molar-refractivity contribution in [3.63, 3.8) is 0 Å². The van der Waals surface area contributed by atoms with Crippen molar-refractivity contribution in [2.45, 2.75) is 12.8 Å². The van der Waals surface area contributed by atoms with Crippen molar-refractivity contribution < 1.29 is 4.84 Å². The zero-order valence-electron chi connectivity index (χ0n) is 9.52. The van der Waals surface area contributed by atoms with E-state index in [-0.39, 0.29) is 0 Å². The van der Waals surface area contributed by atoms with Gasteiger partial charge >= 0.3 is 0 Å². The van der Waals surface area contributed by atoms with E-state index in [2.05, 4.69) is 15.5 Å². The maximum absolute atomic E-state index is 4.94. The fourth-order valence-electron chi connectivity index (χ4n) is 2.04. The summed E-state index contributed by atoms with van der Waals surface area (Å²) in [5.74, 6) is 0.455. The van der Waals surface area contributed by atoms with Gasteiger partial charge in [-0.2, -0.15) is 0 Å². The molecule has 0 atom stereocenters. The van der Waals surface area contributed by atoms with Crippen LogP contribution in [-0.2, 0) is 4.84 Å². The van der Waals surface area contributed by atoms with E-state index in [0.29, 0.717) is 5.92 Å². The first-order chi connectivity index (χ1) is 7.92. The molecule has 1 aromatic rings. The van der Waals surface area contributed by atoms with Crippen LogP contribution in [0.15, 0.2) is 29.6 Å². The Hall–Kier alpha value is -1.42. The van der Waals surface area contributed by atoms with Gasteiger partial charge in [-0.1, -0.05) is 11.2 Å². The summed E-state index contributed by atoms with van der Waals surface area (Å²) in [6.45, 7) is 2.08. The van der Waals surface area contributed by atoms with Crippen molar-refractivity contribution in [3.05, 3.63) is 30.1 Å². The van der Waals surface area contributed by atoms with Crippen molar-refractivity contribution in [2.24, 2.45) is 11.1 Å². The number of nitrogens with zero attached hydrogens (tertiary/aromatic N) is 2. The molecule has 1 aliphatic rings. The first-order valence-electron chi connectivity index (χ1n) is 5.65. The van der Waals surface area contributed by atoms with Gasteiger partial charge in [-0.15, -0.1) is 0 Å². The maximum atomic E-state index is 4.94. The Labute approximate surface area is 95.7 Å². The molecule has 0 bridgehead atoms. The van der Waals surface area contributed by atoms with Crippen LogP contribution in [0, 0.1) is 5.92 Å². The molecule has 4 heteroatoms. The van der Waals surface area contributed by atoms with Crippen LogP contribution in [0.4, 0.5) is 0 Å². The first-order valence-corrected chi connectivity index (χ1v) is 5.65. The second-order valence-electron chi connectivity index (χ2n) is 3.90. The Morgan fingerprint density at radius 3 is 2.88 bits per heavy atom. The summed E-state index contributed by atoms with van der Waals surface area (Å²) >= 11 is 0. The van der Waals surface area contributed by atoms with E-state index >= 15 is 0 Å². The van der Waals surface area contributed by atoms with Gasteiger partial charge in [-0.3, -0.25) is 4.98 Å². The molecule has 0 aromatic carbocycles. The molecule has 0 unspecified atom stereocenters.